The Balaban J connectivity index is 1.78. The number of H-pyrrole nitrogens is 1. The second kappa shape index (κ2) is 6.40. The quantitative estimate of drug-likeness (QED) is 0.379. The van der Waals surface area contributed by atoms with Crippen LogP contribution in [-0.4, -0.2) is 39.2 Å². The molecule has 1 aliphatic heterocycles. The zero-order valence-corrected chi connectivity index (χ0v) is 13.6. The molecule has 0 atom stereocenters. The third-order valence-electron chi connectivity index (χ3n) is 3.94. The summed E-state index contributed by atoms with van der Waals surface area (Å²) in [5, 5.41) is 9.49. The Morgan fingerprint density at radius 3 is 2.92 bits per heavy atom. The predicted molar refractivity (Wildman–Crippen MR) is 90.0 cm³/mol. The van der Waals surface area contributed by atoms with E-state index in [0.717, 1.165) is 5.82 Å². The number of fused-ring (bicyclic) bond motifs is 1. The summed E-state index contributed by atoms with van der Waals surface area (Å²) >= 11 is 5.78. The highest BCUT2D eigenvalue weighted by Crippen LogP contribution is 2.26. The number of benzene rings is 1. The summed E-state index contributed by atoms with van der Waals surface area (Å²) in [4.78, 5) is 16.2. The van der Waals surface area contributed by atoms with Crippen molar-refractivity contribution >= 4 is 34.3 Å². The molecule has 0 unspecified atom stereocenters. The second-order valence-electron chi connectivity index (χ2n) is 5.58. The first kappa shape index (κ1) is 15.9. The molecule has 3 N–H and O–H groups in total. The molecule has 3 heterocycles. The first-order valence-corrected chi connectivity index (χ1v) is 7.90. The lowest BCUT2D eigenvalue weighted by molar-refractivity contribution is 0.00530. The second-order valence-corrected chi connectivity index (χ2v) is 5.99. The molecule has 1 aliphatic rings. The van der Waals surface area contributed by atoms with Gasteiger partial charge >= 0.3 is 0 Å². The summed E-state index contributed by atoms with van der Waals surface area (Å²) in [6.07, 6.45) is 1.57. The molecule has 4 rings (SSSR count). The smallest absolute Gasteiger partial charge is 0.178 e. The van der Waals surface area contributed by atoms with Crippen molar-refractivity contribution < 1.29 is 14.3 Å². The van der Waals surface area contributed by atoms with Crippen LogP contribution < -0.4 is 5.48 Å². The van der Waals surface area contributed by atoms with E-state index in [2.05, 4.69) is 25.4 Å². The van der Waals surface area contributed by atoms with E-state index in [1.165, 1.54) is 18.2 Å². The molecule has 7 nitrogen and oxygen atoms in total. The number of hydrogen-bond acceptors (Lipinski definition) is 5. The molecule has 1 saturated heterocycles. The SMILES string of the molecule is ONC(=Nc1ccc(F)c(Cl)c1)c1ccnc2nc(C3COC3)[nH]c12. The van der Waals surface area contributed by atoms with Crippen LogP contribution in [0.1, 0.15) is 17.3 Å². The van der Waals surface area contributed by atoms with Gasteiger partial charge in [-0.15, -0.1) is 0 Å². The number of aliphatic imine (C=N–C) groups is 1. The van der Waals surface area contributed by atoms with Gasteiger partial charge in [-0.2, -0.15) is 0 Å². The topological polar surface area (TPSA) is 95.4 Å². The number of amidine groups is 1. The number of aromatic amines is 1. The Kier molecular flexibility index (Phi) is 4.08. The number of pyridine rings is 1. The lowest BCUT2D eigenvalue weighted by Crippen LogP contribution is -2.26. The Hall–Kier alpha value is -2.55. The monoisotopic (exact) mass is 361 g/mol. The summed E-state index contributed by atoms with van der Waals surface area (Å²) in [5.41, 5.74) is 4.19. The molecule has 0 aliphatic carbocycles. The predicted octanol–water partition coefficient (Wildman–Crippen LogP) is 2.92. The van der Waals surface area contributed by atoms with E-state index in [9.17, 15) is 9.60 Å². The first-order valence-electron chi connectivity index (χ1n) is 7.52. The lowest BCUT2D eigenvalue weighted by Gasteiger charge is -2.23. The summed E-state index contributed by atoms with van der Waals surface area (Å²) in [5.74, 6) is 0.616. The fraction of sp³-hybridized carbons (Fsp3) is 0.188. The lowest BCUT2D eigenvalue weighted by atomic mass is 10.1. The minimum Gasteiger partial charge on any atom is -0.380 e. The van der Waals surface area contributed by atoms with Crippen molar-refractivity contribution in [3.63, 3.8) is 0 Å². The van der Waals surface area contributed by atoms with Gasteiger partial charge in [0.2, 0.25) is 0 Å². The van der Waals surface area contributed by atoms with Gasteiger partial charge in [0.1, 0.15) is 11.6 Å². The molecule has 3 aromatic rings. The van der Waals surface area contributed by atoms with E-state index in [1.807, 2.05) is 0 Å². The number of hydroxylamine groups is 1. The van der Waals surface area contributed by atoms with Crippen LogP contribution in [0.15, 0.2) is 35.5 Å². The van der Waals surface area contributed by atoms with E-state index in [0.29, 0.717) is 35.6 Å². The van der Waals surface area contributed by atoms with Gasteiger partial charge in [0.25, 0.3) is 0 Å². The molecular weight excluding hydrogens is 349 g/mol. The van der Waals surface area contributed by atoms with Gasteiger partial charge in [0.15, 0.2) is 11.5 Å². The summed E-state index contributed by atoms with van der Waals surface area (Å²) in [6.45, 7) is 1.23. The summed E-state index contributed by atoms with van der Waals surface area (Å²) in [7, 11) is 0. The molecule has 0 amide bonds. The van der Waals surface area contributed by atoms with E-state index >= 15 is 0 Å². The average Bonchev–Trinajstić information content (AvgIpc) is 2.97. The maximum atomic E-state index is 13.3. The number of rotatable bonds is 3. The zero-order chi connectivity index (χ0) is 17.4. The number of aromatic nitrogens is 3. The molecule has 1 fully saturated rings. The van der Waals surface area contributed by atoms with Gasteiger partial charge in [0.05, 0.1) is 35.4 Å². The number of imidazole rings is 1. The van der Waals surface area contributed by atoms with E-state index in [1.54, 1.807) is 12.3 Å². The van der Waals surface area contributed by atoms with Gasteiger partial charge in [-0.05, 0) is 24.3 Å². The van der Waals surface area contributed by atoms with Crippen molar-refractivity contribution in [2.45, 2.75) is 5.92 Å². The summed E-state index contributed by atoms with van der Waals surface area (Å²) in [6, 6.07) is 5.73. The van der Waals surface area contributed by atoms with Crippen LogP contribution in [0.5, 0.6) is 0 Å². The highest BCUT2D eigenvalue weighted by Gasteiger charge is 2.25. The Morgan fingerprint density at radius 1 is 1.40 bits per heavy atom. The van der Waals surface area contributed by atoms with Crippen molar-refractivity contribution in [3.05, 3.63) is 52.7 Å². The van der Waals surface area contributed by atoms with Gasteiger partial charge in [-0.3, -0.25) is 10.7 Å². The van der Waals surface area contributed by atoms with Crippen molar-refractivity contribution in [3.8, 4) is 0 Å². The third-order valence-corrected chi connectivity index (χ3v) is 4.23. The van der Waals surface area contributed by atoms with Crippen LogP contribution in [0.4, 0.5) is 10.1 Å². The van der Waals surface area contributed by atoms with Crippen LogP contribution >= 0.6 is 11.6 Å². The van der Waals surface area contributed by atoms with Crippen molar-refractivity contribution in [1.29, 1.82) is 0 Å². The number of hydrogen-bond donors (Lipinski definition) is 3. The normalized spacial score (nSPS) is 15.4. The number of ether oxygens (including phenoxy) is 1. The fourth-order valence-corrected chi connectivity index (χ4v) is 2.72. The molecule has 0 saturated carbocycles. The molecule has 0 bridgehead atoms. The number of nitrogens with zero attached hydrogens (tertiary/aromatic N) is 3. The third kappa shape index (κ3) is 2.95. The standard InChI is InChI=1S/C16H13ClFN5O2/c17-11-5-9(1-2-12(11)18)20-15(23-24)10-3-4-19-16-13(10)21-14(22-16)8-6-25-7-8/h1-5,8,24H,6-7H2,(H,20,23)(H,19,21,22). The van der Waals surface area contributed by atoms with Crippen LogP contribution in [0, 0.1) is 5.82 Å². The van der Waals surface area contributed by atoms with Crippen LogP contribution in [-0.2, 0) is 4.74 Å². The van der Waals surface area contributed by atoms with E-state index < -0.39 is 5.82 Å². The fourth-order valence-electron chi connectivity index (χ4n) is 2.54. The largest absolute Gasteiger partial charge is 0.380 e. The molecule has 1 aromatic carbocycles. The highest BCUT2D eigenvalue weighted by molar-refractivity contribution is 6.31. The highest BCUT2D eigenvalue weighted by atomic mass is 35.5. The van der Waals surface area contributed by atoms with Crippen LogP contribution in [0.3, 0.4) is 0 Å². The van der Waals surface area contributed by atoms with Gasteiger partial charge < -0.3 is 9.72 Å². The van der Waals surface area contributed by atoms with Crippen molar-refractivity contribution in [2.75, 3.05) is 13.2 Å². The molecular formula is C16H13ClFN5O2. The molecule has 25 heavy (non-hydrogen) atoms. The van der Waals surface area contributed by atoms with Gasteiger partial charge in [0, 0.05) is 11.8 Å². The van der Waals surface area contributed by atoms with Gasteiger partial charge in [-0.1, -0.05) is 11.6 Å². The minimum absolute atomic E-state index is 0.0489. The number of nitrogens with one attached hydrogen (secondary N) is 2. The van der Waals surface area contributed by atoms with Crippen molar-refractivity contribution in [1.82, 2.24) is 20.4 Å². The minimum atomic E-state index is -0.536. The first-order chi connectivity index (χ1) is 12.2. The Morgan fingerprint density at radius 2 is 2.24 bits per heavy atom. The Bertz CT molecular complexity index is 970. The van der Waals surface area contributed by atoms with E-state index in [4.69, 9.17) is 16.3 Å². The maximum absolute atomic E-state index is 13.3. The van der Waals surface area contributed by atoms with Crippen molar-refractivity contribution in [2.24, 2.45) is 4.99 Å². The van der Waals surface area contributed by atoms with E-state index in [-0.39, 0.29) is 16.8 Å². The molecule has 128 valence electrons. The molecule has 0 spiro atoms. The van der Waals surface area contributed by atoms with Gasteiger partial charge in [-0.25, -0.2) is 19.4 Å². The zero-order valence-electron chi connectivity index (χ0n) is 12.8. The molecule has 9 heteroatoms. The Labute approximate surface area is 146 Å². The average molecular weight is 362 g/mol. The van der Waals surface area contributed by atoms with Crippen LogP contribution in [0.2, 0.25) is 5.02 Å². The molecule has 0 radical (unpaired) electrons. The number of halogens is 2. The van der Waals surface area contributed by atoms with Crippen LogP contribution in [0.25, 0.3) is 11.2 Å². The molecule has 2 aromatic heterocycles. The maximum Gasteiger partial charge on any atom is 0.178 e. The summed E-state index contributed by atoms with van der Waals surface area (Å²) < 4.78 is 18.5.